The summed E-state index contributed by atoms with van der Waals surface area (Å²) in [7, 11) is 1.65. The topological polar surface area (TPSA) is 74.9 Å². The van der Waals surface area contributed by atoms with Crippen LogP contribution < -0.4 is 0 Å². The van der Waals surface area contributed by atoms with Crippen LogP contribution in [-0.2, 0) is 4.79 Å². The van der Waals surface area contributed by atoms with Crippen LogP contribution in [0.4, 0.5) is 5.69 Å². The van der Waals surface area contributed by atoms with Crippen LogP contribution in [0.2, 0.25) is 10.0 Å². The fraction of sp³-hybridized carbons (Fsp3) is 0.160. The number of nitrogens with zero attached hydrogens (tertiary/aromatic N) is 3. The van der Waals surface area contributed by atoms with Crippen molar-refractivity contribution in [3.05, 3.63) is 85.5 Å². The standard InChI is InChI=1S/C25H21Cl2N3O3S/c1-13-10-16(15(3)30(13)21-12-17(26)8-9-19(21)27)11-22-23(31)29(4)25(34-22)28-20-7-5-6-18(14(20)2)24(32)33/h5-12H,1-4H3,(H,32,33)/b22-11-,28-25?. The molecular formula is C25H21Cl2N3O3S. The molecule has 0 radical (unpaired) electrons. The van der Waals surface area contributed by atoms with Crippen molar-refractivity contribution in [2.45, 2.75) is 20.8 Å². The van der Waals surface area contributed by atoms with Gasteiger partial charge in [0.2, 0.25) is 0 Å². The maximum Gasteiger partial charge on any atom is 0.336 e. The van der Waals surface area contributed by atoms with Gasteiger partial charge in [-0.15, -0.1) is 0 Å². The number of carboxylic acids is 1. The van der Waals surface area contributed by atoms with Crippen molar-refractivity contribution < 1.29 is 14.7 Å². The molecule has 0 spiro atoms. The molecule has 1 amide bonds. The van der Waals surface area contributed by atoms with Crippen LogP contribution >= 0.6 is 35.0 Å². The SMILES string of the molecule is Cc1c(N=C2S/C(=C\c3cc(C)n(-c4cc(Cl)ccc4Cl)c3C)C(=O)N2C)cccc1C(=O)O. The number of carbonyl (C=O) groups excluding carboxylic acids is 1. The number of rotatable bonds is 4. The molecule has 1 aromatic heterocycles. The van der Waals surface area contributed by atoms with Gasteiger partial charge in [-0.05, 0) is 86.1 Å². The molecule has 6 nitrogen and oxygen atoms in total. The average molecular weight is 514 g/mol. The van der Waals surface area contributed by atoms with Crippen molar-refractivity contribution in [2.24, 2.45) is 4.99 Å². The summed E-state index contributed by atoms with van der Waals surface area (Å²) < 4.78 is 2.00. The number of aliphatic imine (C=N–C) groups is 1. The largest absolute Gasteiger partial charge is 0.478 e. The Morgan fingerprint density at radius 2 is 1.85 bits per heavy atom. The third kappa shape index (κ3) is 4.39. The normalized spacial score (nSPS) is 16.2. The Morgan fingerprint density at radius 1 is 1.12 bits per heavy atom. The molecule has 1 fully saturated rings. The van der Waals surface area contributed by atoms with Crippen LogP contribution in [0.15, 0.2) is 52.4 Å². The van der Waals surface area contributed by atoms with Gasteiger partial charge in [-0.25, -0.2) is 9.79 Å². The molecular weight excluding hydrogens is 493 g/mol. The monoisotopic (exact) mass is 513 g/mol. The molecule has 174 valence electrons. The Kier molecular flexibility index (Phi) is 6.62. The van der Waals surface area contributed by atoms with Gasteiger partial charge in [0, 0.05) is 23.5 Å². The quantitative estimate of drug-likeness (QED) is 0.396. The molecule has 3 aromatic rings. The summed E-state index contributed by atoms with van der Waals surface area (Å²) in [5, 5.41) is 11.0. The Bertz CT molecular complexity index is 1410. The first-order chi connectivity index (χ1) is 16.1. The number of benzene rings is 2. The highest BCUT2D eigenvalue weighted by Gasteiger charge is 2.31. The highest BCUT2D eigenvalue weighted by molar-refractivity contribution is 8.18. The number of carbonyl (C=O) groups is 2. The average Bonchev–Trinajstić information content (AvgIpc) is 3.21. The van der Waals surface area contributed by atoms with E-state index in [2.05, 4.69) is 4.99 Å². The summed E-state index contributed by atoms with van der Waals surface area (Å²) in [5.74, 6) is -1.19. The molecule has 0 bridgehead atoms. The summed E-state index contributed by atoms with van der Waals surface area (Å²) >= 11 is 13.9. The lowest BCUT2D eigenvalue weighted by Crippen LogP contribution is -2.23. The molecule has 1 saturated heterocycles. The lowest BCUT2D eigenvalue weighted by Gasteiger charge is -2.12. The number of aromatic carboxylic acids is 1. The number of aryl methyl sites for hydroxylation is 1. The van der Waals surface area contributed by atoms with Gasteiger partial charge in [0.1, 0.15) is 0 Å². The van der Waals surface area contributed by atoms with E-state index in [1.807, 2.05) is 36.6 Å². The zero-order chi connectivity index (χ0) is 24.7. The molecule has 0 atom stereocenters. The second-order valence-corrected chi connectivity index (χ2v) is 9.73. The number of halogens is 2. The third-order valence-corrected chi connectivity index (χ3v) is 7.28. The van der Waals surface area contributed by atoms with Gasteiger partial charge >= 0.3 is 5.97 Å². The number of likely N-dealkylation sites (N-methyl/N-ethyl adjacent to an activating group) is 1. The first kappa shape index (κ1) is 24.1. The highest BCUT2D eigenvalue weighted by atomic mass is 35.5. The van der Waals surface area contributed by atoms with Crippen LogP contribution in [0.3, 0.4) is 0 Å². The summed E-state index contributed by atoms with van der Waals surface area (Å²) in [6, 6.07) is 12.2. The van der Waals surface area contributed by atoms with Gasteiger partial charge in [-0.3, -0.25) is 9.69 Å². The van der Waals surface area contributed by atoms with Gasteiger partial charge in [0.15, 0.2) is 5.17 Å². The molecule has 34 heavy (non-hydrogen) atoms. The van der Waals surface area contributed by atoms with Crippen molar-refractivity contribution >= 4 is 63.8 Å². The predicted molar refractivity (Wildman–Crippen MR) is 139 cm³/mol. The maximum atomic E-state index is 13.0. The van der Waals surface area contributed by atoms with Gasteiger partial charge in [0.25, 0.3) is 5.91 Å². The predicted octanol–water partition coefficient (Wildman–Crippen LogP) is 6.64. The van der Waals surface area contributed by atoms with Crippen molar-refractivity contribution in [3.63, 3.8) is 0 Å². The number of carboxylic acid groups (broad SMARTS) is 1. The fourth-order valence-electron chi connectivity index (χ4n) is 3.83. The molecule has 1 N–H and O–H groups in total. The zero-order valence-electron chi connectivity index (χ0n) is 18.9. The molecule has 1 aliphatic rings. The van der Waals surface area contributed by atoms with E-state index in [9.17, 15) is 14.7 Å². The Hall–Kier alpha value is -3.00. The minimum Gasteiger partial charge on any atom is -0.478 e. The van der Waals surface area contributed by atoms with Crippen molar-refractivity contribution in [1.82, 2.24) is 9.47 Å². The van der Waals surface area contributed by atoms with Crippen LogP contribution in [-0.4, -0.2) is 38.7 Å². The summed E-state index contributed by atoms with van der Waals surface area (Å²) in [6.45, 7) is 5.63. The van der Waals surface area contributed by atoms with Crippen molar-refractivity contribution in [2.75, 3.05) is 7.05 Å². The van der Waals surface area contributed by atoms with Crippen molar-refractivity contribution in [3.8, 4) is 5.69 Å². The fourth-order valence-corrected chi connectivity index (χ4v) is 5.17. The number of amidine groups is 1. The third-order valence-electron chi connectivity index (χ3n) is 5.66. The maximum absolute atomic E-state index is 13.0. The van der Waals surface area contributed by atoms with Crippen LogP contribution in [0.1, 0.15) is 32.9 Å². The van der Waals surface area contributed by atoms with Crippen molar-refractivity contribution in [1.29, 1.82) is 0 Å². The van der Waals surface area contributed by atoms with E-state index < -0.39 is 5.97 Å². The molecule has 2 aromatic carbocycles. The lowest BCUT2D eigenvalue weighted by atomic mass is 10.1. The number of thioether (sulfide) groups is 1. The second-order valence-electron chi connectivity index (χ2n) is 7.88. The van der Waals surface area contributed by atoms with E-state index in [0.717, 1.165) is 22.6 Å². The number of aromatic nitrogens is 1. The molecule has 0 saturated carbocycles. The number of hydrogen-bond acceptors (Lipinski definition) is 4. The Balaban J connectivity index is 1.72. The molecule has 2 heterocycles. The first-order valence-electron chi connectivity index (χ1n) is 10.3. The highest BCUT2D eigenvalue weighted by Crippen LogP contribution is 2.36. The second kappa shape index (κ2) is 9.33. The van der Waals surface area contributed by atoms with Crippen LogP contribution in [0.25, 0.3) is 11.8 Å². The van der Waals surface area contributed by atoms with Gasteiger partial charge in [-0.1, -0.05) is 29.3 Å². The van der Waals surface area contributed by atoms with Crippen LogP contribution in [0, 0.1) is 20.8 Å². The smallest absolute Gasteiger partial charge is 0.336 e. The minimum absolute atomic E-state index is 0.179. The Labute approximate surface area is 211 Å². The lowest BCUT2D eigenvalue weighted by molar-refractivity contribution is -0.121. The molecule has 9 heteroatoms. The Morgan fingerprint density at radius 3 is 2.56 bits per heavy atom. The van der Waals surface area contributed by atoms with E-state index in [1.54, 1.807) is 38.2 Å². The van der Waals surface area contributed by atoms with E-state index in [1.165, 1.54) is 22.7 Å². The summed E-state index contributed by atoms with van der Waals surface area (Å²) in [4.78, 5) is 31.0. The van der Waals surface area contributed by atoms with Crippen LogP contribution in [0.5, 0.6) is 0 Å². The zero-order valence-corrected chi connectivity index (χ0v) is 21.2. The minimum atomic E-state index is -1.01. The van der Waals surface area contributed by atoms with E-state index >= 15 is 0 Å². The van der Waals surface area contributed by atoms with E-state index in [0.29, 0.717) is 31.4 Å². The summed E-state index contributed by atoms with van der Waals surface area (Å²) in [5.41, 5.74) is 4.76. The molecule has 0 unspecified atom stereocenters. The summed E-state index contributed by atoms with van der Waals surface area (Å²) in [6.07, 6.45) is 1.84. The first-order valence-corrected chi connectivity index (χ1v) is 11.9. The van der Waals surface area contributed by atoms with Gasteiger partial charge in [0.05, 0.1) is 26.9 Å². The van der Waals surface area contributed by atoms with E-state index in [4.69, 9.17) is 23.2 Å². The number of hydrogen-bond donors (Lipinski definition) is 1. The molecule has 0 aliphatic carbocycles. The van der Waals surface area contributed by atoms with Gasteiger partial charge in [-0.2, -0.15) is 0 Å². The van der Waals surface area contributed by atoms with E-state index in [-0.39, 0.29) is 11.5 Å². The van der Waals surface area contributed by atoms with Gasteiger partial charge < -0.3 is 9.67 Å². The molecule has 1 aliphatic heterocycles. The molecule has 4 rings (SSSR count). The number of amides is 1.